The van der Waals surface area contributed by atoms with Gasteiger partial charge in [0.15, 0.2) is 4.77 Å². The van der Waals surface area contributed by atoms with E-state index in [0.29, 0.717) is 0 Å². The highest BCUT2D eigenvalue weighted by Crippen LogP contribution is 2.20. The first-order valence-corrected chi connectivity index (χ1v) is 6.91. The lowest BCUT2D eigenvalue weighted by atomic mass is 10.3. The number of fused-ring (bicyclic) bond motifs is 1. The zero-order chi connectivity index (χ0) is 13.9. The van der Waals surface area contributed by atoms with Gasteiger partial charge in [-0.1, -0.05) is 0 Å². The van der Waals surface area contributed by atoms with Crippen LogP contribution in [0.1, 0.15) is 6.42 Å². The SMILES string of the molecule is COc1ccc2c(c1)[nH]c(=S)n2CCCn1ccnc1. The van der Waals surface area contributed by atoms with Crippen molar-refractivity contribution >= 4 is 23.3 Å². The van der Waals surface area contributed by atoms with Crippen molar-refractivity contribution in [3.63, 3.8) is 0 Å². The van der Waals surface area contributed by atoms with Crippen LogP contribution in [0.2, 0.25) is 0 Å². The summed E-state index contributed by atoms with van der Waals surface area (Å²) in [6.45, 7) is 1.81. The van der Waals surface area contributed by atoms with Crippen molar-refractivity contribution in [2.45, 2.75) is 19.5 Å². The Morgan fingerprint density at radius 3 is 3.00 bits per heavy atom. The summed E-state index contributed by atoms with van der Waals surface area (Å²) in [6, 6.07) is 5.96. The van der Waals surface area contributed by atoms with Crippen molar-refractivity contribution in [2.75, 3.05) is 7.11 Å². The summed E-state index contributed by atoms with van der Waals surface area (Å²) in [4.78, 5) is 7.26. The summed E-state index contributed by atoms with van der Waals surface area (Å²) >= 11 is 5.39. The van der Waals surface area contributed by atoms with E-state index in [-0.39, 0.29) is 0 Å². The fraction of sp³-hybridized carbons (Fsp3) is 0.286. The van der Waals surface area contributed by atoms with Gasteiger partial charge in [0.05, 0.1) is 24.5 Å². The number of hydrogen-bond donors (Lipinski definition) is 1. The molecular formula is C14H16N4OS. The Balaban J connectivity index is 1.80. The molecule has 0 radical (unpaired) electrons. The van der Waals surface area contributed by atoms with Crippen LogP contribution in [-0.2, 0) is 13.1 Å². The molecule has 1 N–H and O–H groups in total. The first-order chi connectivity index (χ1) is 9.78. The van der Waals surface area contributed by atoms with Crippen LogP contribution >= 0.6 is 12.2 Å². The molecular weight excluding hydrogens is 272 g/mol. The summed E-state index contributed by atoms with van der Waals surface area (Å²) in [6.07, 6.45) is 6.60. The predicted octanol–water partition coefficient (Wildman–Crippen LogP) is 2.99. The molecule has 3 rings (SSSR count). The average molecular weight is 288 g/mol. The topological polar surface area (TPSA) is 47.8 Å². The van der Waals surface area contributed by atoms with E-state index in [0.717, 1.165) is 41.1 Å². The lowest BCUT2D eigenvalue weighted by Crippen LogP contribution is -2.02. The van der Waals surface area contributed by atoms with E-state index in [1.54, 1.807) is 13.3 Å². The average Bonchev–Trinajstić information content (AvgIpc) is 3.06. The minimum absolute atomic E-state index is 0.749. The third kappa shape index (κ3) is 2.46. The fourth-order valence-electron chi connectivity index (χ4n) is 2.32. The highest BCUT2D eigenvalue weighted by Gasteiger charge is 2.05. The predicted molar refractivity (Wildman–Crippen MR) is 80.5 cm³/mol. The number of ether oxygens (including phenoxy) is 1. The van der Waals surface area contributed by atoms with Gasteiger partial charge >= 0.3 is 0 Å². The number of H-pyrrole nitrogens is 1. The maximum atomic E-state index is 5.39. The minimum Gasteiger partial charge on any atom is -0.497 e. The number of nitrogens with zero attached hydrogens (tertiary/aromatic N) is 3. The van der Waals surface area contributed by atoms with Gasteiger partial charge in [-0.05, 0) is 30.8 Å². The Morgan fingerprint density at radius 2 is 2.25 bits per heavy atom. The molecule has 5 nitrogen and oxygen atoms in total. The first-order valence-electron chi connectivity index (χ1n) is 6.50. The molecule has 0 aliphatic heterocycles. The highest BCUT2D eigenvalue weighted by atomic mass is 32.1. The molecule has 1 aromatic carbocycles. The Morgan fingerprint density at radius 1 is 1.35 bits per heavy atom. The molecule has 104 valence electrons. The zero-order valence-electron chi connectivity index (χ0n) is 11.2. The zero-order valence-corrected chi connectivity index (χ0v) is 12.1. The number of aromatic amines is 1. The molecule has 20 heavy (non-hydrogen) atoms. The van der Waals surface area contributed by atoms with Crippen LogP contribution < -0.4 is 4.74 Å². The summed E-state index contributed by atoms with van der Waals surface area (Å²) in [7, 11) is 1.66. The molecule has 0 saturated carbocycles. The molecule has 0 bridgehead atoms. The van der Waals surface area contributed by atoms with Crippen LogP contribution in [0.3, 0.4) is 0 Å². The van der Waals surface area contributed by atoms with Gasteiger partial charge in [0, 0.05) is 31.5 Å². The second kappa shape index (κ2) is 5.50. The highest BCUT2D eigenvalue weighted by molar-refractivity contribution is 7.71. The number of rotatable bonds is 5. The van der Waals surface area contributed by atoms with Gasteiger partial charge in [0.1, 0.15) is 5.75 Å². The van der Waals surface area contributed by atoms with E-state index in [9.17, 15) is 0 Å². The van der Waals surface area contributed by atoms with E-state index >= 15 is 0 Å². The number of aryl methyl sites for hydroxylation is 2. The second-order valence-electron chi connectivity index (χ2n) is 4.62. The van der Waals surface area contributed by atoms with Crippen molar-refractivity contribution in [3.8, 4) is 5.75 Å². The van der Waals surface area contributed by atoms with Crippen molar-refractivity contribution < 1.29 is 4.74 Å². The third-order valence-corrected chi connectivity index (χ3v) is 3.66. The van der Waals surface area contributed by atoms with E-state index in [1.807, 2.05) is 30.7 Å². The number of benzene rings is 1. The normalized spacial score (nSPS) is 11.1. The van der Waals surface area contributed by atoms with Crippen molar-refractivity contribution in [1.29, 1.82) is 0 Å². The summed E-state index contributed by atoms with van der Waals surface area (Å²) in [5, 5.41) is 0. The number of nitrogens with one attached hydrogen (secondary N) is 1. The molecule has 6 heteroatoms. The first kappa shape index (κ1) is 12.9. The number of imidazole rings is 2. The molecule has 3 aromatic rings. The van der Waals surface area contributed by atoms with Gasteiger partial charge in [0.2, 0.25) is 0 Å². The Hall–Kier alpha value is -2.08. The van der Waals surface area contributed by atoms with Gasteiger partial charge in [-0.2, -0.15) is 0 Å². The Kier molecular flexibility index (Phi) is 3.56. The summed E-state index contributed by atoms with van der Waals surface area (Å²) in [5.74, 6) is 0.833. The van der Waals surface area contributed by atoms with Gasteiger partial charge in [-0.25, -0.2) is 4.98 Å². The molecule has 0 unspecified atom stereocenters. The molecule has 0 spiro atoms. The van der Waals surface area contributed by atoms with Crippen LogP contribution in [0, 0.1) is 4.77 Å². The van der Waals surface area contributed by atoms with Gasteiger partial charge in [0.25, 0.3) is 0 Å². The van der Waals surface area contributed by atoms with Crippen LogP contribution in [0.5, 0.6) is 5.75 Å². The Bertz CT molecular complexity index is 757. The lowest BCUT2D eigenvalue weighted by molar-refractivity contribution is 0.415. The van der Waals surface area contributed by atoms with Crippen molar-refractivity contribution in [1.82, 2.24) is 19.1 Å². The number of methoxy groups -OCH3 is 1. The van der Waals surface area contributed by atoms with Crippen LogP contribution in [0.25, 0.3) is 11.0 Å². The second-order valence-corrected chi connectivity index (χ2v) is 5.01. The van der Waals surface area contributed by atoms with E-state index in [1.165, 1.54) is 0 Å². The largest absolute Gasteiger partial charge is 0.497 e. The van der Waals surface area contributed by atoms with E-state index < -0.39 is 0 Å². The lowest BCUT2D eigenvalue weighted by Gasteiger charge is -2.06. The minimum atomic E-state index is 0.749. The number of hydrogen-bond acceptors (Lipinski definition) is 3. The molecule has 0 fully saturated rings. The Labute approximate surface area is 121 Å². The van der Waals surface area contributed by atoms with E-state index in [2.05, 4.69) is 19.1 Å². The third-order valence-electron chi connectivity index (χ3n) is 3.34. The molecule has 0 aliphatic carbocycles. The maximum Gasteiger partial charge on any atom is 0.178 e. The standard InChI is InChI=1S/C14H16N4OS/c1-19-11-3-4-13-12(9-11)16-14(20)18(13)7-2-6-17-8-5-15-10-17/h3-5,8-10H,2,6-7H2,1H3,(H,16,20). The smallest absolute Gasteiger partial charge is 0.178 e. The van der Waals surface area contributed by atoms with Gasteiger partial charge in [-0.3, -0.25) is 0 Å². The number of aromatic nitrogens is 4. The van der Waals surface area contributed by atoms with Gasteiger partial charge < -0.3 is 18.9 Å². The molecule has 2 aromatic heterocycles. The molecule has 0 aliphatic rings. The van der Waals surface area contributed by atoms with Crippen LogP contribution in [0.4, 0.5) is 0 Å². The fourth-order valence-corrected chi connectivity index (χ4v) is 2.62. The molecule has 0 saturated heterocycles. The maximum absolute atomic E-state index is 5.39. The monoisotopic (exact) mass is 288 g/mol. The summed E-state index contributed by atoms with van der Waals surface area (Å²) < 4.78 is 10.2. The van der Waals surface area contributed by atoms with E-state index in [4.69, 9.17) is 17.0 Å². The molecule has 0 amide bonds. The molecule has 0 atom stereocenters. The van der Waals surface area contributed by atoms with Crippen molar-refractivity contribution in [3.05, 3.63) is 41.7 Å². The van der Waals surface area contributed by atoms with Crippen LogP contribution in [-0.4, -0.2) is 26.2 Å². The molecule has 2 heterocycles. The van der Waals surface area contributed by atoms with Crippen LogP contribution in [0.15, 0.2) is 36.9 Å². The van der Waals surface area contributed by atoms with Gasteiger partial charge in [-0.15, -0.1) is 0 Å². The quantitative estimate of drug-likeness (QED) is 0.734. The summed E-state index contributed by atoms with van der Waals surface area (Å²) in [5.41, 5.74) is 2.12. The van der Waals surface area contributed by atoms with Crippen molar-refractivity contribution in [2.24, 2.45) is 0 Å².